The van der Waals surface area contributed by atoms with Crippen molar-refractivity contribution >= 4 is 11.3 Å². The van der Waals surface area contributed by atoms with Gasteiger partial charge < -0.3 is 0 Å². The van der Waals surface area contributed by atoms with E-state index in [1.54, 1.807) is 12.3 Å². The summed E-state index contributed by atoms with van der Waals surface area (Å²) in [5.41, 5.74) is 2.89. The molecule has 0 aliphatic heterocycles. The Bertz CT molecular complexity index is 430. The fourth-order valence-electron chi connectivity index (χ4n) is 1.36. The number of rotatable bonds is 3. The summed E-state index contributed by atoms with van der Waals surface area (Å²) in [6.45, 7) is 0. The van der Waals surface area contributed by atoms with Crippen LogP contribution in [0.25, 0.3) is 0 Å². The zero-order valence-corrected chi connectivity index (χ0v) is 8.67. The van der Waals surface area contributed by atoms with Crippen molar-refractivity contribution in [1.82, 2.24) is 10.4 Å². The van der Waals surface area contributed by atoms with Gasteiger partial charge in [0.1, 0.15) is 11.9 Å². The van der Waals surface area contributed by atoms with Crippen LogP contribution in [-0.4, -0.2) is 4.98 Å². The van der Waals surface area contributed by atoms with Crippen molar-refractivity contribution in [3.05, 3.63) is 52.2 Å². The van der Waals surface area contributed by atoms with E-state index in [0.717, 1.165) is 4.88 Å². The molecule has 2 heterocycles. The summed E-state index contributed by atoms with van der Waals surface area (Å²) >= 11 is 1.51. The lowest BCUT2D eigenvalue weighted by Crippen LogP contribution is -2.29. The second-order valence-corrected chi connectivity index (χ2v) is 3.96. The number of halogens is 1. The lowest BCUT2D eigenvalue weighted by Gasteiger charge is -2.13. The molecule has 0 aromatic carbocycles. The predicted octanol–water partition coefficient (Wildman–Crippen LogP) is 1.83. The molecule has 0 aliphatic carbocycles. The van der Waals surface area contributed by atoms with E-state index in [1.165, 1.54) is 17.4 Å². The van der Waals surface area contributed by atoms with E-state index < -0.39 is 0 Å². The van der Waals surface area contributed by atoms with Gasteiger partial charge in [0.15, 0.2) is 0 Å². The minimum atomic E-state index is -0.383. The number of hydrogen-bond donors (Lipinski definition) is 2. The van der Waals surface area contributed by atoms with Crippen molar-refractivity contribution in [2.24, 2.45) is 5.84 Å². The van der Waals surface area contributed by atoms with E-state index in [0.29, 0.717) is 5.69 Å². The summed E-state index contributed by atoms with van der Waals surface area (Å²) < 4.78 is 13.5. The Balaban J connectivity index is 2.40. The third-order valence-electron chi connectivity index (χ3n) is 2.05. The largest absolute Gasteiger partial charge is 0.270 e. The lowest BCUT2D eigenvalue weighted by molar-refractivity contribution is 0.548. The summed E-state index contributed by atoms with van der Waals surface area (Å²) in [6, 6.07) is 6.33. The van der Waals surface area contributed by atoms with E-state index in [9.17, 15) is 4.39 Å². The molecule has 0 saturated carbocycles. The van der Waals surface area contributed by atoms with Gasteiger partial charge in [-0.1, -0.05) is 6.07 Å². The van der Waals surface area contributed by atoms with Crippen LogP contribution >= 0.6 is 11.3 Å². The molecule has 3 N–H and O–H groups in total. The molecule has 1 atom stereocenters. The van der Waals surface area contributed by atoms with Gasteiger partial charge in [0.05, 0.1) is 5.69 Å². The molecule has 2 aromatic rings. The third kappa shape index (κ3) is 2.04. The summed E-state index contributed by atoms with van der Waals surface area (Å²) in [6.07, 6.45) is 1.55. The molecule has 0 amide bonds. The normalized spacial score (nSPS) is 12.7. The van der Waals surface area contributed by atoms with Crippen molar-refractivity contribution in [3.63, 3.8) is 0 Å². The maximum absolute atomic E-state index is 13.5. The van der Waals surface area contributed by atoms with Crippen LogP contribution in [0, 0.1) is 5.82 Å². The highest BCUT2D eigenvalue weighted by Crippen LogP contribution is 2.25. The number of nitrogens with zero attached hydrogens (tertiary/aromatic N) is 1. The summed E-state index contributed by atoms with van der Waals surface area (Å²) in [7, 11) is 0. The van der Waals surface area contributed by atoms with Crippen LogP contribution in [-0.2, 0) is 0 Å². The van der Waals surface area contributed by atoms with Crippen molar-refractivity contribution in [1.29, 1.82) is 0 Å². The molecule has 0 fully saturated rings. The topological polar surface area (TPSA) is 50.9 Å². The van der Waals surface area contributed by atoms with Crippen LogP contribution in [0.1, 0.15) is 16.6 Å². The van der Waals surface area contributed by atoms with Crippen LogP contribution in [0.4, 0.5) is 4.39 Å². The van der Waals surface area contributed by atoms with Crippen LogP contribution in [0.5, 0.6) is 0 Å². The Kier molecular flexibility index (Phi) is 3.05. The monoisotopic (exact) mass is 223 g/mol. The summed E-state index contributed by atoms with van der Waals surface area (Å²) in [5, 5.41) is 1.92. The van der Waals surface area contributed by atoms with E-state index in [2.05, 4.69) is 10.4 Å². The Labute approximate surface area is 90.7 Å². The first-order chi connectivity index (χ1) is 7.33. The Morgan fingerprint density at radius 3 is 2.87 bits per heavy atom. The number of nitrogens with one attached hydrogen (secondary N) is 1. The zero-order valence-electron chi connectivity index (χ0n) is 7.85. The number of hydrazine groups is 1. The van der Waals surface area contributed by atoms with Gasteiger partial charge >= 0.3 is 0 Å². The molecule has 3 nitrogen and oxygen atoms in total. The molecule has 0 aliphatic rings. The number of nitrogens with two attached hydrogens (primary N) is 1. The van der Waals surface area contributed by atoms with Crippen LogP contribution in [0.2, 0.25) is 0 Å². The van der Waals surface area contributed by atoms with Crippen molar-refractivity contribution < 1.29 is 4.39 Å². The van der Waals surface area contributed by atoms with Crippen molar-refractivity contribution in [3.8, 4) is 0 Å². The fourth-order valence-corrected chi connectivity index (χ4v) is 2.15. The second kappa shape index (κ2) is 4.48. The van der Waals surface area contributed by atoms with Gasteiger partial charge in [-0.15, -0.1) is 11.3 Å². The molecule has 78 valence electrons. The fraction of sp³-hybridized carbons (Fsp3) is 0.100. The number of hydrogen-bond acceptors (Lipinski definition) is 4. The standard InChI is InChI=1S/C10H10FN3S/c11-7-3-1-5-13-9(7)10(14-12)8-4-2-6-15-8/h1-6,10,14H,12H2. The molecular formula is C10H10FN3S. The van der Waals surface area contributed by atoms with Gasteiger partial charge in [0.2, 0.25) is 0 Å². The molecule has 0 saturated heterocycles. The van der Waals surface area contributed by atoms with Crippen LogP contribution in [0.15, 0.2) is 35.8 Å². The maximum Gasteiger partial charge on any atom is 0.146 e. The molecular weight excluding hydrogens is 213 g/mol. The Hall–Kier alpha value is -1.30. The zero-order chi connectivity index (χ0) is 10.7. The van der Waals surface area contributed by atoms with Crippen LogP contribution in [0.3, 0.4) is 0 Å². The minimum absolute atomic E-state index is 0.322. The molecule has 2 aromatic heterocycles. The number of thiophene rings is 1. The minimum Gasteiger partial charge on any atom is -0.270 e. The first-order valence-electron chi connectivity index (χ1n) is 4.43. The first kappa shape index (κ1) is 10.2. The quantitative estimate of drug-likeness (QED) is 0.616. The molecule has 1 unspecified atom stereocenters. The average molecular weight is 223 g/mol. The highest BCUT2D eigenvalue weighted by molar-refractivity contribution is 7.10. The van der Waals surface area contributed by atoms with Gasteiger partial charge in [-0.2, -0.15) is 0 Å². The van der Waals surface area contributed by atoms with Crippen LogP contribution < -0.4 is 11.3 Å². The molecule has 0 radical (unpaired) electrons. The van der Waals surface area contributed by atoms with Gasteiger partial charge in [-0.05, 0) is 23.6 Å². The smallest absolute Gasteiger partial charge is 0.146 e. The van der Waals surface area contributed by atoms with Crippen molar-refractivity contribution in [2.45, 2.75) is 6.04 Å². The predicted molar refractivity (Wildman–Crippen MR) is 57.7 cm³/mol. The van der Waals surface area contributed by atoms with E-state index in [-0.39, 0.29) is 11.9 Å². The average Bonchev–Trinajstić information content (AvgIpc) is 2.75. The van der Waals surface area contributed by atoms with E-state index in [4.69, 9.17) is 5.84 Å². The first-order valence-corrected chi connectivity index (χ1v) is 5.31. The highest BCUT2D eigenvalue weighted by Gasteiger charge is 2.18. The van der Waals surface area contributed by atoms with Gasteiger partial charge in [-0.25, -0.2) is 9.82 Å². The molecule has 0 bridgehead atoms. The molecule has 2 rings (SSSR count). The molecule has 5 heteroatoms. The lowest BCUT2D eigenvalue weighted by atomic mass is 10.1. The van der Waals surface area contributed by atoms with Gasteiger partial charge in [0, 0.05) is 11.1 Å². The van der Waals surface area contributed by atoms with E-state index in [1.807, 2.05) is 17.5 Å². The number of aromatic nitrogens is 1. The third-order valence-corrected chi connectivity index (χ3v) is 2.99. The summed E-state index contributed by atoms with van der Waals surface area (Å²) in [4.78, 5) is 4.93. The number of pyridine rings is 1. The van der Waals surface area contributed by atoms with E-state index >= 15 is 0 Å². The summed E-state index contributed by atoms with van der Waals surface area (Å²) in [5.74, 6) is 5.06. The second-order valence-electron chi connectivity index (χ2n) is 2.99. The SMILES string of the molecule is NNC(c1cccs1)c1ncccc1F. The van der Waals surface area contributed by atoms with Gasteiger partial charge in [0.25, 0.3) is 0 Å². The molecule has 0 spiro atoms. The molecule has 15 heavy (non-hydrogen) atoms. The Morgan fingerprint density at radius 2 is 2.27 bits per heavy atom. The maximum atomic E-state index is 13.5. The van der Waals surface area contributed by atoms with Gasteiger partial charge in [-0.3, -0.25) is 10.8 Å². The highest BCUT2D eigenvalue weighted by atomic mass is 32.1. The Morgan fingerprint density at radius 1 is 1.40 bits per heavy atom. The van der Waals surface area contributed by atoms with Crippen molar-refractivity contribution in [2.75, 3.05) is 0 Å².